The molecule has 1 aromatic heterocycles. The van der Waals surface area contributed by atoms with Gasteiger partial charge in [0.2, 0.25) is 10.0 Å². The predicted molar refractivity (Wildman–Crippen MR) is 147 cm³/mol. The van der Waals surface area contributed by atoms with Crippen LogP contribution in [0.2, 0.25) is 0 Å². The lowest BCUT2D eigenvalue weighted by Crippen LogP contribution is -2.57. The highest BCUT2D eigenvalue weighted by atomic mass is 32.2. The molecule has 3 aromatic rings. The molecule has 0 spiro atoms. The number of carbonyl (C=O) groups is 1. The number of benzene rings is 2. The van der Waals surface area contributed by atoms with Crippen molar-refractivity contribution in [2.24, 2.45) is 11.1 Å². The second-order valence-electron chi connectivity index (χ2n) is 9.61. The van der Waals surface area contributed by atoms with Gasteiger partial charge in [0.25, 0.3) is 0 Å². The quantitative estimate of drug-likeness (QED) is 0.144. The van der Waals surface area contributed by atoms with Crippen molar-refractivity contribution in [1.29, 1.82) is 0 Å². The maximum atomic E-state index is 14.1. The molecule has 1 heterocycles. The highest BCUT2D eigenvalue weighted by molar-refractivity contribution is 7.89. The fourth-order valence-corrected chi connectivity index (χ4v) is 6.18. The molecule has 0 aliphatic rings. The predicted octanol–water partition coefficient (Wildman–Crippen LogP) is 3.39. The smallest absolute Gasteiger partial charge is 0.404 e. The van der Waals surface area contributed by atoms with E-state index in [1.807, 2.05) is 44.2 Å². The molecule has 2 aromatic carbocycles. The molecule has 1 amide bonds. The summed E-state index contributed by atoms with van der Waals surface area (Å²) < 4.78 is 29.3. The van der Waals surface area contributed by atoms with Crippen molar-refractivity contribution < 1.29 is 28.6 Å². The number of aliphatic hydroxyl groups is 1. The molecule has 0 aliphatic carbocycles. The van der Waals surface area contributed by atoms with Gasteiger partial charge in [-0.05, 0) is 47.7 Å². The molecule has 10 nitrogen and oxygen atoms in total. The summed E-state index contributed by atoms with van der Waals surface area (Å²) in [4.78, 5) is 16.1. The van der Waals surface area contributed by atoms with Crippen LogP contribution in [-0.4, -0.2) is 70.2 Å². The molecule has 3 atom stereocenters. The van der Waals surface area contributed by atoms with E-state index in [9.17, 15) is 23.4 Å². The van der Waals surface area contributed by atoms with E-state index in [4.69, 9.17) is 5.21 Å². The fraction of sp³-hybridized carbons (Fsp3) is 0.321. The van der Waals surface area contributed by atoms with Gasteiger partial charge in [-0.2, -0.15) is 4.31 Å². The van der Waals surface area contributed by atoms with Crippen LogP contribution in [0, 0.1) is 5.92 Å². The molecule has 0 saturated carbocycles. The van der Waals surface area contributed by atoms with Crippen molar-refractivity contribution in [3.63, 3.8) is 0 Å². The number of hydrogen-bond donors (Lipinski definition) is 4. The van der Waals surface area contributed by atoms with E-state index in [0.29, 0.717) is 11.3 Å². The summed E-state index contributed by atoms with van der Waals surface area (Å²) in [5.41, 5.74) is 1.84. The Morgan fingerprint density at radius 3 is 2.26 bits per heavy atom. The molecule has 1 unspecified atom stereocenters. The molecular weight excluding hydrogens is 520 g/mol. The summed E-state index contributed by atoms with van der Waals surface area (Å²) in [5, 5.41) is 35.5. The highest BCUT2D eigenvalue weighted by Crippen LogP contribution is 2.26. The summed E-state index contributed by atoms with van der Waals surface area (Å²) in [5.74, 6) is -0.112. The van der Waals surface area contributed by atoms with Crippen molar-refractivity contribution in [3.05, 3.63) is 95.8 Å². The zero-order valence-electron chi connectivity index (χ0n) is 21.8. The number of carboxylic acid groups (broad SMARTS) is 1. The molecule has 4 N–H and O–H groups in total. The summed E-state index contributed by atoms with van der Waals surface area (Å²) in [6, 6.07) is 18.1. The lowest BCUT2D eigenvalue weighted by molar-refractivity contribution is 0.0517. The third-order valence-electron chi connectivity index (χ3n) is 6.17. The number of amides is 1. The molecule has 0 fully saturated rings. The van der Waals surface area contributed by atoms with Gasteiger partial charge in [0.1, 0.15) is 0 Å². The third-order valence-corrected chi connectivity index (χ3v) is 8.07. The van der Waals surface area contributed by atoms with Crippen LogP contribution in [0.1, 0.15) is 30.7 Å². The Kier molecular flexibility index (Phi) is 10.6. The largest absolute Gasteiger partial charge is 0.465 e. The minimum absolute atomic E-state index is 0.0118. The first-order chi connectivity index (χ1) is 18.6. The van der Waals surface area contributed by atoms with E-state index < -0.39 is 34.3 Å². The van der Waals surface area contributed by atoms with Crippen LogP contribution in [0.4, 0.5) is 4.79 Å². The number of pyridine rings is 1. The molecule has 11 heteroatoms. The minimum Gasteiger partial charge on any atom is -0.465 e. The maximum Gasteiger partial charge on any atom is 0.404 e. The van der Waals surface area contributed by atoms with Crippen molar-refractivity contribution in [2.75, 3.05) is 6.54 Å². The normalized spacial score (nSPS) is 14.4. The van der Waals surface area contributed by atoms with Crippen molar-refractivity contribution in [3.8, 4) is 0 Å². The zero-order chi connectivity index (χ0) is 28.4. The molecule has 3 rings (SSSR count). The molecular formula is C28H34N4O6S. The lowest BCUT2D eigenvalue weighted by Gasteiger charge is -2.38. The van der Waals surface area contributed by atoms with Crippen LogP contribution in [-0.2, 0) is 22.9 Å². The minimum atomic E-state index is -4.16. The number of hydrogen-bond acceptors (Lipinski definition) is 7. The zero-order valence-corrected chi connectivity index (χ0v) is 22.6. The Balaban J connectivity index is 2.09. The molecule has 0 radical (unpaired) electrons. The van der Waals surface area contributed by atoms with Gasteiger partial charge in [-0.1, -0.05) is 67.5 Å². The van der Waals surface area contributed by atoms with Crippen molar-refractivity contribution in [1.82, 2.24) is 14.6 Å². The fourth-order valence-electron chi connectivity index (χ4n) is 4.38. The molecule has 0 bridgehead atoms. The number of sulfonamides is 1. The summed E-state index contributed by atoms with van der Waals surface area (Å²) in [6.07, 6.45) is 0.219. The van der Waals surface area contributed by atoms with Crippen LogP contribution in [0.5, 0.6) is 0 Å². The number of aromatic nitrogens is 1. The Morgan fingerprint density at radius 2 is 1.69 bits per heavy atom. The van der Waals surface area contributed by atoms with Gasteiger partial charge in [-0.3, -0.25) is 4.98 Å². The van der Waals surface area contributed by atoms with Gasteiger partial charge in [0.15, 0.2) is 0 Å². The van der Waals surface area contributed by atoms with Gasteiger partial charge >= 0.3 is 6.09 Å². The lowest BCUT2D eigenvalue weighted by atomic mass is 9.93. The first kappa shape index (κ1) is 29.8. The van der Waals surface area contributed by atoms with Gasteiger partial charge in [0, 0.05) is 24.9 Å². The average molecular weight is 555 g/mol. The average Bonchev–Trinajstić information content (AvgIpc) is 2.91. The van der Waals surface area contributed by atoms with Gasteiger partial charge < -0.3 is 20.7 Å². The van der Waals surface area contributed by atoms with Crippen molar-refractivity contribution >= 4 is 22.3 Å². The van der Waals surface area contributed by atoms with E-state index in [1.54, 1.807) is 24.4 Å². The Labute approximate surface area is 228 Å². The topological polar surface area (TPSA) is 152 Å². The Morgan fingerprint density at radius 1 is 1.03 bits per heavy atom. The van der Waals surface area contributed by atoms with Crippen molar-refractivity contribution in [2.45, 2.75) is 49.8 Å². The standard InChI is InChI=1S/C28H34N4O6S/c1-20(2)19-32(39(37,38)24-13-11-22(12-14-24)18-30-36)26(17-23-10-6-7-15-29-23)27(33)25(31-28(34)35)16-21-8-4-3-5-9-21/h3-15,18,20,25-27,31,33,36H,16-17,19H2,1-2H3,(H,34,35)/b30-18+/t25-,26?,27+/m0/s1. The highest BCUT2D eigenvalue weighted by Gasteiger charge is 2.40. The van der Waals surface area contributed by atoms with E-state index in [1.165, 1.54) is 34.8 Å². The number of nitrogens with zero attached hydrogens (tertiary/aromatic N) is 3. The van der Waals surface area contributed by atoms with Gasteiger partial charge in [-0.25, -0.2) is 13.2 Å². The number of rotatable bonds is 13. The maximum absolute atomic E-state index is 14.1. The Hall–Kier alpha value is -3.80. The molecule has 0 aliphatic heterocycles. The number of oxime groups is 1. The second kappa shape index (κ2) is 13.8. The third kappa shape index (κ3) is 8.34. The summed E-state index contributed by atoms with van der Waals surface area (Å²) >= 11 is 0. The van der Waals surface area contributed by atoms with Gasteiger partial charge in [0.05, 0.1) is 29.3 Å². The second-order valence-corrected chi connectivity index (χ2v) is 11.5. The molecule has 208 valence electrons. The number of aliphatic hydroxyl groups excluding tert-OH is 1. The van der Waals surface area contributed by atoms with E-state index in [0.717, 1.165) is 5.56 Å². The summed E-state index contributed by atoms with van der Waals surface area (Å²) in [7, 11) is -4.16. The SMILES string of the molecule is CC(C)CN(C(Cc1ccccn1)[C@H](O)[C@H](Cc1ccccc1)NC(=O)O)S(=O)(=O)c1ccc(/C=N/O)cc1. The van der Waals surface area contributed by atoms with E-state index in [2.05, 4.69) is 15.5 Å². The van der Waals surface area contributed by atoms with E-state index in [-0.39, 0.29) is 30.2 Å². The molecule has 0 saturated heterocycles. The monoisotopic (exact) mass is 554 g/mol. The van der Waals surface area contributed by atoms with Crippen LogP contribution in [0.25, 0.3) is 0 Å². The van der Waals surface area contributed by atoms with Crippen LogP contribution in [0.15, 0.2) is 89.0 Å². The Bertz CT molecular complexity index is 1320. The van der Waals surface area contributed by atoms with E-state index >= 15 is 0 Å². The molecule has 39 heavy (non-hydrogen) atoms. The first-order valence-corrected chi connectivity index (χ1v) is 14.0. The first-order valence-electron chi connectivity index (χ1n) is 12.5. The summed E-state index contributed by atoms with van der Waals surface area (Å²) in [6.45, 7) is 3.80. The number of nitrogens with one attached hydrogen (secondary N) is 1. The van der Waals surface area contributed by atoms with Crippen LogP contribution in [0.3, 0.4) is 0 Å². The van der Waals surface area contributed by atoms with Crippen LogP contribution < -0.4 is 5.32 Å². The van der Waals surface area contributed by atoms with Gasteiger partial charge in [-0.15, -0.1) is 0 Å². The van der Waals surface area contributed by atoms with Crippen LogP contribution >= 0.6 is 0 Å².